The maximum atomic E-state index is 13.9. The van der Waals surface area contributed by atoms with Crippen molar-refractivity contribution in [3.63, 3.8) is 0 Å². The van der Waals surface area contributed by atoms with Crippen molar-refractivity contribution in [3.8, 4) is 5.75 Å². The van der Waals surface area contributed by atoms with Gasteiger partial charge < -0.3 is 20.1 Å². The van der Waals surface area contributed by atoms with E-state index in [0.717, 1.165) is 29.5 Å². The van der Waals surface area contributed by atoms with Crippen LogP contribution in [-0.2, 0) is 27.5 Å². The maximum absolute atomic E-state index is 13.9. The zero-order chi connectivity index (χ0) is 33.4. The minimum atomic E-state index is -4.84. The predicted octanol–water partition coefficient (Wildman–Crippen LogP) is 7.09. The Morgan fingerprint density at radius 2 is 1.62 bits per heavy atom. The van der Waals surface area contributed by atoms with Gasteiger partial charge in [0.2, 0.25) is 11.8 Å². The van der Waals surface area contributed by atoms with Crippen molar-refractivity contribution in [1.29, 1.82) is 0 Å². The van der Waals surface area contributed by atoms with Gasteiger partial charge in [-0.25, -0.2) is 14.2 Å². The Morgan fingerprint density at radius 1 is 0.894 bits per heavy atom. The molecule has 1 atom stereocenters. The van der Waals surface area contributed by atoms with E-state index in [1.54, 1.807) is 42.5 Å². The number of anilines is 1. The van der Waals surface area contributed by atoms with E-state index < -0.39 is 35.2 Å². The molecule has 1 saturated heterocycles. The first-order valence-electron chi connectivity index (χ1n) is 14.0. The third-order valence-corrected chi connectivity index (χ3v) is 7.81. The van der Waals surface area contributed by atoms with E-state index in [1.807, 2.05) is 18.2 Å². The lowest BCUT2D eigenvalue weighted by atomic mass is 10.1. The average Bonchev–Trinajstić information content (AvgIpc) is 3.34. The van der Waals surface area contributed by atoms with Gasteiger partial charge in [0.1, 0.15) is 30.0 Å². The van der Waals surface area contributed by atoms with Gasteiger partial charge in [0.25, 0.3) is 0 Å². The van der Waals surface area contributed by atoms with Crippen LogP contribution < -0.4 is 15.4 Å². The zero-order valence-corrected chi connectivity index (χ0v) is 25.2. The molecular formula is C33H26F4N4O5S. The van der Waals surface area contributed by atoms with Crippen molar-refractivity contribution in [1.82, 2.24) is 10.2 Å². The number of amides is 3. The van der Waals surface area contributed by atoms with Crippen LogP contribution in [0.25, 0.3) is 0 Å². The normalized spacial score (nSPS) is 15.4. The van der Waals surface area contributed by atoms with Gasteiger partial charge in [-0.2, -0.15) is 0 Å². The fourth-order valence-corrected chi connectivity index (χ4v) is 5.58. The third-order valence-electron chi connectivity index (χ3n) is 6.58. The topological polar surface area (TPSA) is 109 Å². The summed E-state index contributed by atoms with van der Waals surface area (Å²) < 4.78 is 60.6. The number of rotatable bonds is 10. The van der Waals surface area contributed by atoms with Crippen molar-refractivity contribution in [2.75, 3.05) is 11.9 Å². The molecule has 0 aliphatic carbocycles. The summed E-state index contributed by atoms with van der Waals surface area (Å²) in [7, 11) is 0. The molecule has 14 heteroatoms. The van der Waals surface area contributed by atoms with E-state index in [2.05, 4.69) is 20.4 Å². The van der Waals surface area contributed by atoms with E-state index in [4.69, 9.17) is 4.74 Å². The SMILES string of the molecule is O=C(CNC(=O)OCc1ccccc1)Nc1ccc(C2SC(=Nc3cccc(F)c3)N(Cc3ccc(OC(F)(F)F)cc3)C2=O)cc1. The second kappa shape index (κ2) is 14.8. The second-order valence-corrected chi connectivity index (χ2v) is 11.1. The van der Waals surface area contributed by atoms with Crippen LogP contribution >= 0.6 is 11.8 Å². The molecule has 5 rings (SSSR count). The molecule has 0 aromatic heterocycles. The Hall–Kier alpha value is -5.37. The summed E-state index contributed by atoms with van der Waals surface area (Å²) >= 11 is 1.13. The number of alkyl halides is 3. The highest BCUT2D eigenvalue weighted by Crippen LogP contribution is 2.41. The van der Waals surface area contributed by atoms with Crippen molar-refractivity contribution < 1.29 is 41.4 Å². The number of amidine groups is 1. The molecule has 4 aromatic rings. The molecule has 0 spiro atoms. The molecule has 1 aliphatic heterocycles. The second-order valence-electron chi connectivity index (χ2n) is 10.1. The number of nitrogens with zero attached hydrogens (tertiary/aromatic N) is 2. The first-order valence-corrected chi connectivity index (χ1v) is 14.9. The molecule has 1 fully saturated rings. The summed E-state index contributed by atoms with van der Waals surface area (Å²) in [4.78, 5) is 43.8. The van der Waals surface area contributed by atoms with Crippen LogP contribution in [0.15, 0.2) is 108 Å². The number of thioether (sulfide) groups is 1. The summed E-state index contributed by atoms with van der Waals surface area (Å²) in [6.07, 6.45) is -5.59. The highest BCUT2D eigenvalue weighted by atomic mass is 32.2. The van der Waals surface area contributed by atoms with E-state index >= 15 is 0 Å². The van der Waals surface area contributed by atoms with E-state index in [-0.39, 0.29) is 36.5 Å². The molecule has 1 aliphatic rings. The lowest BCUT2D eigenvalue weighted by molar-refractivity contribution is -0.274. The minimum absolute atomic E-state index is 0.0162. The number of aliphatic imine (C=N–C) groups is 1. The zero-order valence-electron chi connectivity index (χ0n) is 24.4. The predicted molar refractivity (Wildman–Crippen MR) is 167 cm³/mol. The maximum Gasteiger partial charge on any atom is 0.573 e. The smallest absolute Gasteiger partial charge is 0.445 e. The number of ether oxygens (including phenoxy) is 2. The average molecular weight is 667 g/mol. The minimum Gasteiger partial charge on any atom is -0.445 e. The molecule has 2 N–H and O–H groups in total. The standard InChI is InChI=1S/C33H26F4N4O5S/c34-24-7-4-8-26(17-24)40-31-41(19-21-9-15-27(16-10-21)46-33(35,36)37)30(43)29(47-31)23-11-13-25(14-12-23)39-28(42)18-38-32(44)45-20-22-5-2-1-3-6-22/h1-17,29H,18-20H2,(H,38,44)(H,39,42). The van der Waals surface area contributed by atoms with E-state index in [0.29, 0.717) is 16.8 Å². The Labute approximate surface area is 270 Å². The van der Waals surface area contributed by atoms with Crippen molar-refractivity contribution in [3.05, 3.63) is 126 Å². The molecule has 1 unspecified atom stereocenters. The number of alkyl carbamates (subject to hydrolysis) is 1. The molecule has 1 heterocycles. The molecule has 4 aromatic carbocycles. The van der Waals surface area contributed by atoms with Crippen LogP contribution in [-0.4, -0.2) is 40.9 Å². The van der Waals surface area contributed by atoms with Gasteiger partial charge >= 0.3 is 12.5 Å². The molecule has 3 amide bonds. The van der Waals surface area contributed by atoms with Crippen LogP contribution in [0, 0.1) is 5.82 Å². The monoisotopic (exact) mass is 666 g/mol. The molecule has 0 bridgehead atoms. The van der Waals surface area contributed by atoms with Crippen LogP contribution in [0.1, 0.15) is 21.9 Å². The lowest BCUT2D eigenvalue weighted by Crippen LogP contribution is -2.33. The van der Waals surface area contributed by atoms with Crippen molar-refractivity contribution in [2.24, 2.45) is 4.99 Å². The Balaban J connectivity index is 1.23. The Bertz CT molecular complexity index is 1750. The largest absolute Gasteiger partial charge is 0.573 e. The summed E-state index contributed by atoms with van der Waals surface area (Å²) in [5.41, 5.74) is 2.59. The summed E-state index contributed by atoms with van der Waals surface area (Å²) in [6, 6.07) is 26.2. The summed E-state index contributed by atoms with van der Waals surface area (Å²) in [5.74, 6) is -1.76. The summed E-state index contributed by atoms with van der Waals surface area (Å²) in [6.45, 7) is -0.287. The first kappa shape index (κ1) is 33.0. The quantitative estimate of drug-likeness (QED) is 0.175. The van der Waals surface area contributed by atoms with Crippen molar-refractivity contribution in [2.45, 2.75) is 24.8 Å². The van der Waals surface area contributed by atoms with Gasteiger partial charge in [0.15, 0.2) is 5.17 Å². The number of carbonyl (C=O) groups is 3. The van der Waals surface area contributed by atoms with E-state index in [1.165, 1.54) is 35.2 Å². The number of nitrogens with one attached hydrogen (secondary N) is 2. The number of hydrogen-bond acceptors (Lipinski definition) is 7. The Kier molecular flexibility index (Phi) is 10.4. The third kappa shape index (κ3) is 9.56. The number of halogens is 4. The van der Waals surface area contributed by atoms with Gasteiger partial charge in [-0.15, -0.1) is 13.2 Å². The highest BCUT2D eigenvalue weighted by molar-refractivity contribution is 8.15. The van der Waals surface area contributed by atoms with Gasteiger partial charge in [-0.3, -0.25) is 14.5 Å². The van der Waals surface area contributed by atoms with Crippen LogP contribution in [0.4, 0.5) is 33.7 Å². The van der Waals surface area contributed by atoms with Crippen LogP contribution in [0.2, 0.25) is 0 Å². The number of carbonyl (C=O) groups excluding carboxylic acids is 3. The highest BCUT2D eigenvalue weighted by Gasteiger charge is 2.39. The molecule has 0 saturated carbocycles. The molecular weight excluding hydrogens is 640 g/mol. The molecule has 9 nitrogen and oxygen atoms in total. The van der Waals surface area contributed by atoms with Crippen LogP contribution in [0.3, 0.4) is 0 Å². The number of hydrogen-bond donors (Lipinski definition) is 2. The summed E-state index contributed by atoms with van der Waals surface area (Å²) in [5, 5.41) is 4.55. The van der Waals surface area contributed by atoms with Crippen molar-refractivity contribution >= 4 is 46.2 Å². The van der Waals surface area contributed by atoms with Crippen LogP contribution in [0.5, 0.6) is 5.75 Å². The molecule has 242 valence electrons. The van der Waals surface area contributed by atoms with Gasteiger partial charge in [-0.1, -0.05) is 72.4 Å². The number of benzene rings is 4. The Morgan fingerprint density at radius 3 is 2.30 bits per heavy atom. The van der Waals surface area contributed by atoms with Gasteiger partial charge in [-0.05, 0) is 59.2 Å². The fourth-order valence-electron chi connectivity index (χ4n) is 4.41. The lowest BCUT2D eigenvalue weighted by Gasteiger charge is -2.17. The molecule has 0 radical (unpaired) electrons. The first-order chi connectivity index (χ1) is 22.5. The van der Waals surface area contributed by atoms with Gasteiger partial charge in [0, 0.05) is 5.69 Å². The molecule has 47 heavy (non-hydrogen) atoms. The fraction of sp³-hybridized carbons (Fsp3) is 0.152. The van der Waals surface area contributed by atoms with E-state index in [9.17, 15) is 31.9 Å². The van der Waals surface area contributed by atoms with Gasteiger partial charge in [0.05, 0.1) is 12.2 Å².